The van der Waals surface area contributed by atoms with E-state index in [-0.39, 0.29) is 21.3 Å². The number of rotatable bonds is 3. The van der Waals surface area contributed by atoms with Gasteiger partial charge in [-0.1, -0.05) is 43.3 Å². The monoisotopic (exact) mass is 394 g/mol. The van der Waals surface area contributed by atoms with Crippen LogP contribution < -0.4 is 0 Å². The molecule has 2 heterocycles. The molecule has 4 rings (SSSR count). The van der Waals surface area contributed by atoms with E-state index in [1.807, 2.05) is 6.07 Å². The number of sulfone groups is 1. The average molecular weight is 394 g/mol. The third-order valence-electron chi connectivity index (χ3n) is 5.35. The van der Waals surface area contributed by atoms with Gasteiger partial charge in [0.2, 0.25) is 9.84 Å². The Labute approximate surface area is 164 Å². The molecule has 1 amide bonds. The molecule has 0 radical (unpaired) electrons. The number of hydrogen-bond donors (Lipinski definition) is 0. The minimum absolute atomic E-state index is 0.0490. The van der Waals surface area contributed by atoms with Crippen molar-refractivity contribution in [3.05, 3.63) is 66.4 Å². The van der Waals surface area contributed by atoms with Crippen molar-refractivity contribution in [3.8, 4) is 0 Å². The highest BCUT2D eigenvalue weighted by Gasteiger charge is 2.31. The molecular weight excluding hydrogens is 372 g/mol. The number of likely N-dealkylation sites (tertiary alicyclic amines) is 1. The van der Waals surface area contributed by atoms with Gasteiger partial charge in [0.1, 0.15) is 0 Å². The van der Waals surface area contributed by atoms with Gasteiger partial charge in [-0.2, -0.15) is 0 Å². The first-order chi connectivity index (χ1) is 13.5. The van der Waals surface area contributed by atoms with Gasteiger partial charge in [0.05, 0.1) is 20.9 Å². The van der Waals surface area contributed by atoms with Crippen LogP contribution in [0.4, 0.5) is 0 Å². The summed E-state index contributed by atoms with van der Waals surface area (Å²) in [7, 11) is -3.88. The van der Waals surface area contributed by atoms with E-state index in [4.69, 9.17) is 0 Å². The molecule has 1 saturated heterocycles. The van der Waals surface area contributed by atoms with Crippen molar-refractivity contribution in [2.24, 2.45) is 5.92 Å². The second kappa shape index (κ2) is 7.36. The number of pyridine rings is 1. The summed E-state index contributed by atoms with van der Waals surface area (Å²) in [5.74, 6) is 0.311. The number of benzene rings is 2. The summed E-state index contributed by atoms with van der Waals surface area (Å²) < 4.78 is 27.0. The smallest absolute Gasteiger partial charge is 0.256 e. The number of piperidine rings is 1. The number of hydrogen-bond acceptors (Lipinski definition) is 4. The predicted octanol–water partition coefficient (Wildman–Crippen LogP) is 3.94. The molecule has 1 aliphatic heterocycles. The van der Waals surface area contributed by atoms with Crippen LogP contribution in [0.25, 0.3) is 10.9 Å². The van der Waals surface area contributed by atoms with E-state index in [9.17, 15) is 13.2 Å². The van der Waals surface area contributed by atoms with Crippen LogP contribution in [0.15, 0.2) is 70.6 Å². The second-order valence-electron chi connectivity index (χ2n) is 7.31. The standard InChI is InChI=1S/C22H22N2O3S/c1-16-11-13-24(14-12-16)22(25)19-15-23-20-10-6-5-9-18(20)21(19)28(26,27)17-7-3-2-4-8-17/h2-10,15-16H,11-14H2,1H3. The van der Waals surface area contributed by atoms with Crippen molar-refractivity contribution in [2.45, 2.75) is 29.6 Å². The first-order valence-electron chi connectivity index (χ1n) is 9.45. The quantitative estimate of drug-likeness (QED) is 0.675. The molecule has 0 spiro atoms. The number of amides is 1. The molecule has 6 heteroatoms. The Hall–Kier alpha value is -2.73. The van der Waals surface area contributed by atoms with Crippen LogP contribution in [-0.2, 0) is 9.84 Å². The molecule has 0 atom stereocenters. The first-order valence-corrected chi connectivity index (χ1v) is 10.9. The fourth-order valence-corrected chi connectivity index (χ4v) is 5.30. The Balaban J connectivity index is 1.91. The highest BCUT2D eigenvalue weighted by molar-refractivity contribution is 7.91. The van der Waals surface area contributed by atoms with E-state index in [1.54, 1.807) is 53.4 Å². The Morgan fingerprint density at radius 1 is 1.00 bits per heavy atom. The van der Waals surface area contributed by atoms with Crippen LogP contribution in [-0.4, -0.2) is 37.3 Å². The largest absolute Gasteiger partial charge is 0.339 e. The van der Waals surface area contributed by atoms with Gasteiger partial charge < -0.3 is 4.90 Å². The molecule has 1 aromatic heterocycles. The highest BCUT2D eigenvalue weighted by Crippen LogP contribution is 2.32. The number of fused-ring (bicyclic) bond motifs is 1. The molecule has 5 nitrogen and oxygen atoms in total. The number of aromatic nitrogens is 1. The van der Waals surface area contributed by atoms with E-state index >= 15 is 0 Å². The highest BCUT2D eigenvalue weighted by atomic mass is 32.2. The number of carbonyl (C=O) groups is 1. The van der Waals surface area contributed by atoms with Gasteiger partial charge in [0.15, 0.2) is 0 Å². The lowest BCUT2D eigenvalue weighted by Gasteiger charge is -2.30. The molecular formula is C22H22N2O3S. The fourth-order valence-electron chi connectivity index (χ4n) is 3.66. The summed E-state index contributed by atoms with van der Waals surface area (Å²) in [5.41, 5.74) is 0.706. The van der Waals surface area contributed by atoms with Gasteiger partial charge in [-0.15, -0.1) is 0 Å². The van der Waals surface area contributed by atoms with Crippen LogP contribution in [0, 0.1) is 5.92 Å². The van der Waals surface area contributed by atoms with Gasteiger partial charge >= 0.3 is 0 Å². The third-order valence-corrected chi connectivity index (χ3v) is 7.22. The summed E-state index contributed by atoms with van der Waals surface area (Å²) >= 11 is 0. The molecule has 2 aromatic carbocycles. The molecule has 0 saturated carbocycles. The lowest BCUT2D eigenvalue weighted by Crippen LogP contribution is -2.38. The SMILES string of the molecule is CC1CCN(C(=O)c2cnc3ccccc3c2S(=O)(=O)c2ccccc2)CC1. The zero-order chi connectivity index (χ0) is 19.7. The van der Waals surface area contributed by atoms with Crippen LogP contribution in [0.2, 0.25) is 0 Å². The van der Waals surface area contributed by atoms with Crippen molar-refractivity contribution in [1.82, 2.24) is 9.88 Å². The molecule has 28 heavy (non-hydrogen) atoms. The lowest BCUT2D eigenvalue weighted by molar-refractivity contribution is 0.0693. The molecule has 1 fully saturated rings. The third kappa shape index (κ3) is 3.29. The Morgan fingerprint density at radius 3 is 2.36 bits per heavy atom. The predicted molar refractivity (Wildman–Crippen MR) is 108 cm³/mol. The van der Waals surface area contributed by atoms with Crippen LogP contribution in [0.1, 0.15) is 30.1 Å². The number of carbonyl (C=O) groups excluding carboxylic acids is 1. The van der Waals surface area contributed by atoms with Crippen molar-refractivity contribution in [2.75, 3.05) is 13.1 Å². The van der Waals surface area contributed by atoms with E-state index in [2.05, 4.69) is 11.9 Å². The Bertz CT molecular complexity index is 1120. The van der Waals surface area contributed by atoms with Crippen molar-refractivity contribution in [3.63, 3.8) is 0 Å². The van der Waals surface area contributed by atoms with Gasteiger partial charge in [-0.3, -0.25) is 9.78 Å². The average Bonchev–Trinajstić information content (AvgIpc) is 2.73. The number of para-hydroxylation sites is 1. The zero-order valence-electron chi connectivity index (χ0n) is 15.7. The van der Waals surface area contributed by atoms with Crippen molar-refractivity contribution in [1.29, 1.82) is 0 Å². The topological polar surface area (TPSA) is 67.3 Å². The summed E-state index contributed by atoms with van der Waals surface area (Å²) in [6, 6.07) is 15.3. The summed E-state index contributed by atoms with van der Waals surface area (Å²) in [6.45, 7) is 3.44. The maximum absolute atomic E-state index is 13.5. The van der Waals surface area contributed by atoms with Crippen LogP contribution in [0.3, 0.4) is 0 Å². The Kier molecular flexibility index (Phi) is 4.89. The second-order valence-corrected chi connectivity index (χ2v) is 9.20. The van der Waals surface area contributed by atoms with Gasteiger partial charge in [0.25, 0.3) is 5.91 Å². The van der Waals surface area contributed by atoms with Gasteiger partial charge in [-0.05, 0) is 37.0 Å². The first kappa shape index (κ1) is 18.6. The molecule has 0 N–H and O–H groups in total. The maximum Gasteiger partial charge on any atom is 0.256 e. The van der Waals surface area contributed by atoms with Crippen molar-refractivity contribution < 1.29 is 13.2 Å². The fraction of sp³-hybridized carbons (Fsp3) is 0.273. The van der Waals surface area contributed by atoms with Gasteiger partial charge in [0, 0.05) is 24.7 Å². The summed E-state index contributed by atoms with van der Waals surface area (Å²) in [4.78, 5) is 19.6. The Morgan fingerprint density at radius 2 is 1.64 bits per heavy atom. The zero-order valence-corrected chi connectivity index (χ0v) is 16.5. The van der Waals surface area contributed by atoms with E-state index in [0.29, 0.717) is 29.9 Å². The van der Waals surface area contributed by atoms with Crippen LogP contribution >= 0.6 is 0 Å². The molecule has 1 aliphatic rings. The van der Waals surface area contributed by atoms with E-state index < -0.39 is 9.84 Å². The molecule has 144 valence electrons. The minimum Gasteiger partial charge on any atom is -0.339 e. The molecule has 0 aliphatic carbocycles. The molecule has 0 bridgehead atoms. The molecule has 3 aromatic rings. The summed E-state index contributed by atoms with van der Waals surface area (Å²) in [6.07, 6.45) is 3.26. The van der Waals surface area contributed by atoms with Crippen LogP contribution in [0.5, 0.6) is 0 Å². The lowest BCUT2D eigenvalue weighted by atomic mass is 9.98. The van der Waals surface area contributed by atoms with Gasteiger partial charge in [-0.25, -0.2) is 8.42 Å². The minimum atomic E-state index is -3.88. The van der Waals surface area contributed by atoms with Crippen molar-refractivity contribution >= 4 is 26.6 Å². The number of nitrogens with zero attached hydrogens (tertiary/aromatic N) is 2. The summed E-state index contributed by atoms with van der Waals surface area (Å²) in [5, 5.41) is 0.475. The molecule has 0 unspecified atom stereocenters. The maximum atomic E-state index is 13.5. The normalized spacial score (nSPS) is 15.7. The van der Waals surface area contributed by atoms with E-state index in [0.717, 1.165) is 12.8 Å². The van der Waals surface area contributed by atoms with E-state index in [1.165, 1.54) is 6.20 Å².